The van der Waals surface area contributed by atoms with Gasteiger partial charge in [-0.2, -0.15) is 21.6 Å². The van der Waals surface area contributed by atoms with Gasteiger partial charge >= 0.3 is 21.6 Å². The molecule has 1 heterocycles. The molecule has 11 heteroatoms. The van der Waals surface area contributed by atoms with Crippen LogP contribution < -0.4 is 0 Å². The average molecular weight is 332 g/mol. The molecule has 1 fully saturated rings. The molecule has 120 valence electrons. The lowest BCUT2D eigenvalue weighted by Crippen LogP contribution is -2.37. The normalized spacial score (nSPS) is 22.6. The van der Waals surface area contributed by atoms with Crippen molar-refractivity contribution < 1.29 is 45.1 Å². The summed E-state index contributed by atoms with van der Waals surface area (Å²) >= 11 is 0. The third-order valence-electron chi connectivity index (χ3n) is 3.08. The molecular weight excluding hydrogens is 321 g/mol. The summed E-state index contributed by atoms with van der Waals surface area (Å²) in [5.41, 5.74) is -6.23. The maximum atomic E-state index is 12.3. The summed E-state index contributed by atoms with van der Waals surface area (Å²) in [4.78, 5) is 11.1. The van der Waals surface area contributed by atoms with Gasteiger partial charge in [-0.3, -0.25) is 0 Å². The van der Waals surface area contributed by atoms with Crippen LogP contribution in [-0.2, 0) is 28.6 Å². The van der Waals surface area contributed by atoms with Crippen LogP contribution in [-0.4, -0.2) is 44.0 Å². The van der Waals surface area contributed by atoms with Gasteiger partial charge in [-0.05, 0) is 0 Å². The van der Waals surface area contributed by atoms with Gasteiger partial charge in [0.2, 0.25) is 0 Å². The van der Waals surface area contributed by atoms with Gasteiger partial charge in [0.05, 0.1) is 18.8 Å². The van der Waals surface area contributed by atoms with Gasteiger partial charge in [0, 0.05) is 19.3 Å². The van der Waals surface area contributed by atoms with E-state index >= 15 is 0 Å². The van der Waals surface area contributed by atoms with Crippen LogP contribution in [0.3, 0.4) is 0 Å². The first-order valence-electron chi connectivity index (χ1n) is 5.80. The monoisotopic (exact) mass is 332 g/mol. The van der Waals surface area contributed by atoms with Crippen LogP contribution in [0, 0.1) is 0 Å². The summed E-state index contributed by atoms with van der Waals surface area (Å²) in [5, 5.41) is 9.03. The largest absolute Gasteiger partial charge is 0.534 e. The molecule has 1 aliphatic carbocycles. The summed E-state index contributed by atoms with van der Waals surface area (Å²) in [6, 6.07) is 0. The first-order chi connectivity index (χ1) is 9.56. The molecule has 21 heavy (non-hydrogen) atoms. The Labute approximate surface area is 117 Å². The summed E-state index contributed by atoms with van der Waals surface area (Å²) in [5.74, 6) is -3.56. The molecule has 0 atom stereocenters. The lowest BCUT2D eigenvalue weighted by Gasteiger charge is -2.32. The van der Waals surface area contributed by atoms with Crippen molar-refractivity contribution in [1.29, 1.82) is 0 Å². The number of aliphatic carboxylic acids is 1. The Hall–Kier alpha value is -1.33. The molecule has 2 rings (SSSR count). The highest BCUT2D eigenvalue weighted by atomic mass is 32.2. The molecular formula is C10H11F3O7S. The number of alkyl halides is 3. The second kappa shape index (κ2) is 5.14. The molecule has 0 aromatic carbocycles. The third kappa shape index (κ3) is 3.14. The van der Waals surface area contributed by atoms with Crippen molar-refractivity contribution in [2.45, 2.75) is 30.6 Å². The van der Waals surface area contributed by atoms with Crippen molar-refractivity contribution in [3.05, 3.63) is 11.3 Å². The zero-order valence-corrected chi connectivity index (χ0v) is 11.3. The second-order valence-electron chi connectivity index (χ2n) is 4.47. The minimum absolute atomic E-state index is 0.00644. The minimum Gasteiger partial charge on any atom is -0.478 e. The standard InChI is InChI=1S/C10H11F3O7S/c11-10(12,13)21(16,17)20-7-1-2-9(18-3-4-19-9)5-6(7)8(14)15/h1-5H2,(H,14,15). The summed E-state index contributed by atoms with van der Waals surface area (Å²) in [6.07, 6.45) is -0.728. The predicted octanol–water partition coefficient (Wildman–Crippen LogP) is 1.12. The van der Waals surface area contributed by atoms with Crippen molar-refractivity contribution in [1.82, 2.24) is 0 Å². The Balaban J connectivity index is 2.30. The van der Waals surface area contributed by atoms with Crippen LogP contribution in [0.5, 0.6) is 0 Å². The Morgan fingerprint density at radius 3 is 2.33 bits per heavy atom. The van der Waals surface area contributed by atoms with Crippen molar-refractivity contribution in [2.24, 2.45) is 0 Å². The number of halogens is 3. The highest BCUT2D eigenvalue weighted by Gasteiger charge is 2.51. The third-order valence-corrected chi connectivity index (χ3v) is 4.07. The molecule has 1 aliphatic heterocycles. The highest BCUT2D eigenvalue weighted by molar-refractivity contribution is 7.87. The molecule has 1 saturated heterocycles. The van der Waals surface area contributed by atoms with Crippen LogP contribution in [0.2, 0.25) is 0 Å². The minimum atomic E-state index is -5.90. The van der Waals surface area contributed by atoms with Gasteiger partial charge in [0.1, 0.15) is 5.76 Å². The van der Waals surface area contributed by atoms with E-state index < -0.39 is 38.7 Å². The fourth-order valence-electron chi connectivity index (χ4n) is 2.12. The molecule has 0 unspecified atom stereocenters. The Morgan fingerprint density at radius 2 is 1.86 bits per heavy atom. The lowest BCUT2D eigenvalue weighted by atomic mass is 9.92. The number of ether oxygens (including phenoxy) is 2. The fraction of sp³-hybridized carbons (Fsp3) is 0.700. The number of carbonyl (C=O) groups is 1. The van der Waals surface area contributed by atoms with Gasteiger partial charge in [-0.25, -0.2) is 4.79 Å². The SMILES string of the molecule is O=C(O)C1=C(OS(=O)(=O)C(F)(F)F)CCC2(C1)OCCO2. The predicted molar refractivity (Wildman–Crippen MR) is 59.2 cm³/mol. The van der Waals surface area contributed by atoms with Crippen molar-refractivity contribution in [3.8, 4) is 0 Å². The van der Waals surface area contributed by atoms with Crippen LogP contribution >= 0.6 is 0 Å². The van der Waals surface area contributed by atoms with Crippen LogP contribution in [0.25, 0.3) is 0 Å². The van der Waals surface area contributed by atoms with E-state index in [1.165, 1.54) is 0 Å². The van der Waals surface area contributed by atoms with E-state index in [0.717, 1.165) is 0 Å². The van der Waals surface area contributed by atoms with Gasteiger partial charge in [-0.15, -0.1) is 0 Å². The number of rotatable bonds is 3. The Bertz CT molecular complexity index is 572. The summed E-state index contributed by atoms with van der Waals surface area (Å²) < 4.78 is 73.2. The first-order valence-corrected chi connectivity index (χ1v) is 7.21. The Morgan fingerprint density at radius 1 is 1.29 bits per heavy atom. The van der Waals surface area contributed by atoms with E-state index in [2.05, 4.69) is 4.18 Å². The topological polar surface area (TPSA) is 99.1 Å². The highest BCUT2D eigenvalue weighted by Crippen LogP contribution is 2.40. The molecule has 7 nitrogen and oxygen atoms in total. The smallest absolute Gasteiger partial charge is 0.478 e. The first kappa shape index (κ1) is 16.0. The summed E-state index contributed by atoms with van der Waals surface area (Å²) in [7, 11) is -5.90. The molecule has 0 saturated carbocycles. The maximum Gasteiger partial charge on any atom is 0.534 e. The number of carboxylic acid groups (broad SMARTS) is 1. The second-order valence-corrected chi connectivity index (χ2v) is 6.01. The number of allylic oxidation sites excluding steroid dienone is 1. The van der Waals surface area contributed by atoms with E-state index in [4.69, 9.17) is 14.6 Å². The zero-order chi connectivity index (χ0) is 15.9. The molecule has 2 aliphatic rings. The zero-order valence-electron chi connectivity index (χ0n) is 10.5. The van der Waals surface area contributed by atoms with E-state index in [1.54, 1.807) is 0 Å². The van der Waals surface area contributed by atoms with Crippen molar-refractivity contribution >= 4 is 16.1 Å². The quantitative estimate of drug-likeness (QED) is 0.610. The van der Waals surface area contributed by atoms with E-state index in [0.29, 0.717) is 0 Å². The van der Waals surface area contributed by atoms with Crippen molar-refractivity contribution in [2.75, 3.05) is 13.2 Å². The van der Waals surface area contributed by atoms with Gasteiger partial charge in [0.15, 0.2) is 5.79 Å². The van der Waals surface area contributed by atoms with Crippen LogP contribution in [0.15, 0.2) is 11.3 Å². The molecule has 1 spiro atoms. The molecule has 0 aromatic rings. The molecule has 1 N–H and O–H groups in total. The summed E-state index contributed by atoms with van der Waals surface area (Å²) in [6.45, 7) is 0.452. The van der Waals surface area contributed by atoms with Crippen molar-refractivity contribution in [3.63, 3.8) is 0 Å². The number of carboxylic acids is 1. The lowest BCUT2D eigenvalue weighted by molar-refractivity contribution is -0.169. The van der Waals surface area contributed by atoms with Gasteiger partial charge in [-0.1, -0.05) is 0 Å². The van der Waals surface area contributed by atoms with Crippen LogP contribution in [0.1, 0.15) is 19.3 Å². The van der Waals surface area contributed by atoms with Gasteiger partial charge in [0.25, 0.3) is 0 Å². The number of hydrogen-bond acceptors (Lipinski definition) is 6. The average Bonchev–Trinajstić information content (AvgIpc) is 2.78. The number of hydrogen-bond donors (Lipinski definition) is 1. The van der Waals surface area contributed by atoms with Crippen LogP contribution in [0.4, 0.5) is 13.2 Å². The molecule has 0 bridgehead atoms. The van der Waals surface area contributed by atoms with Gasteiger partial charge < -0.3 is 18.8 Å². The molecule has 0 amide bonds. The molecule has 0 aromatic heterocycles. The van der Waals surface area contributed by atoms with E-state index in [-0.39, 0.29) is 32.5 Å². The van der Waals surface area contributed by atoms with E-state index in [9.17, 15) is 26.4 Å². The fourth-order valence-corrected chi connectivity index (χ4v) is 2.66. The Kier molecular flexibility index (Phi) is 3.93. The van der Waals surface area contributed by atoms with E-state index in [1.807, 2.05) is 0 Å². The molecule has 0 radical (unpaired) electrons. The maximum absolute atomic E-state index is 12.3.